The van der Waals surface area contributed by atoms with Crippen molar-refractivity contribution in [2.45, 2.75) is 13.3 Å². The van der Waals surface area contributed by atoms with E-state index in [4.69, 9.17) is 4.74 Å². The topological polar surface area (TPSA) is 37.9 Å². The minimum Gasteiger partial charge on any atom is -0.494 e. The number of ether oxygens (including phenoxy) is 1. The van der Waals surface area contributed by atoms with Gasteiger partial charge in [0, 0.05) is 18.0 Å². The molecule has 0 atom stereocenters. The molecule has 2 rings (SSSR count). The summed E-state index contributed by atoms with van der Waals surface area (Å²) < 4.78 is 5.55. The van der Waals surface area contributed by atoms with Crippen LogP contribution in [-0.4, -0.2) is 16.6 Å². The first-order valence-electron chi connectivity index (χ1n) is 5.13. The summed E-state index contributed by atoms with van der Waals surface area (Å²) in [6.07, 6.45) is 4.58. The molecule has 1 aromatic heterocycles. The van der Waals surface area contributed by atoms with Crippen molar-refractivity contribution in [1.29, 1.82) is 0 Å². The number of nitrogens with zero attached hydrogens (tertiary/aromatic N) is 1. The Morgan fingerprint density at radius 3 is 3.07 bits per heavy atom. The van der Waals surface area contributed by atoms with Crippen LogP contribution in [0.3, 0.4) is 0 Å². The molecule has 0 bridgehead atoms. The van der Waals surface area contributed by atoms with Gasteiger partial charge in [0.2, 0.25) is 0 Å². The normalized spacial score (nSPS) is 10.2. The van der Waals surface area contributed by atoms with Crippen LogP contribution in [0.1, 0.15) is 13.3 Å². The number of rotatable bonds is 4. The molecule has 1 heterocycles. The summed E-state index contributed by atoms with van der Waals surface area (Å²) in [4.78, 5) is 7.27. The average molecular weight is 202 g/mol. The molecule has 15 heavy (non-hydrogen) atoms. The third-order valence-corrected chi connectivity index (χ3v) is 2.08. The molecule has 0 saturated carbocycles. The molecular formula is C12H14N2O. The molecule has 0 aliphatic carbocycles. The minimum atomic E-state index is 0.752. The number of aromatic amines is 1. The van der Waals surface area contributed by atoms with E-state index in [1.165, 1.54) is 0 Å². The number of hydrogen-bond donors (Lipinski definition) is 1. The van der Waals surface area contributed by atoms with Gasteiger partial charge in [-0.15, -0.1) is 0 Å². The highest BCUT2D eigenvalue weighted by Gasteiger charge is 2.00. The summed E-state index contributed by atoms with van der Waals surface area (Å²) in [7, 11) is 0. The summed E-state index contributed by atoms with van der Waals surface area (Å²) in [6, 6.07) is 7.94. The van der Waals surface area contributed by atoms with Crippen molar-refractivity contribution in [2.75, 3.05) is 6.61 Å². The van der Waals surface area contributed by atoms with Gasteiger partial charge in [-0.1, -0.05) is 19.1 Å². The number of nitrogens with one attached hydrogen (secondary N) is 1. The van der Waals surface area contributed by atoms with Crippen molar-refractivity contribution in [2.24, 2.45) is 0 Å². The summed E-state index contributed by atoms with van der Waals surface area (Å²) in [6.45, 7) is 2.85. The van der Waals surface area contributed by atoms with E-state index in [1.807, 2.05) is 30.5 Å². The van der Waals surface area contributed by atoms with Crippen LogP contribution in [0.5, 0.6) is 5.75 Å². The molecule has 0 fully saturated rings. The lowest BCUT2D eigenvalue weighted by atomic mass is 10.2. The molecule has 1 N–H and O–H groups in total. The Kier molecular flexibility index (Phi) is 3.02. The first kappa shape index (κ1) is 9.77. The predicted octanol–water partition coefficient (Wildman–Crippen LogP) is 2.87. The predicted molar refractivity (Wildman–Crippen MR) is 59.8 cm³/mol. The van der Waals surface area contributed by atoms with Gasteiger partial charge in [0.05, 0.1) is 6.61 Å². The van der Waals surface area contributed by atoms with Crippen LogP contribution in [0.4, 0.5) is 0 Å². The molecule has 3 heteroatoms. The molecule has 0 aliphatic heterocycles. The first-order valence-corrected chi connectivity index (χ1v) is 5.13. The van der Waals surface area contributed by atoms with Gasteiger partial charge in [0.25, 0.3) is 0 Å². The summed E-state index contributed by atoms with van der Waals surface area (Å²) in [5.74, 6) is 1.77. The zero-order chi connectivity index (χ0) is 10.5. The fraction of sp³-hybridized carbons (Fsp3) is 0.250. The monoisotopic (exact) mass is 202 g/mol. The highest BCUT2D eigenvalue weighted by molar-refractivity contribution is 5.57. The van der Waals surface area contributed by atoms with E-state index >= 15 is 0 Å². The molecular weight excluding hydrogens is 188 g/mol. The lowest BCUT2D eigenvalue weighted by Crippen LogP contribution is -1.94. The van der Waals surface area contributed by atoms with Gasteiger partial charge >= 0.3 is 0 Å². The molecule has 0 saturated heterocycles. The van der Waals surface area contributed by atoms with Crippen molar-refractivity contribution >= 4 is 0 Å². The van der Waals surface area contributed by atoms with Gasteiger partial charge < -0.3 is 9.72 Å². The lowest BCUT2D eigenvalue weighted by molar-refractivity contribution is 0.317. The summed E-state index contributed by atoms with van der Waals surface area (Å²) >= 11 is 0. The van der Waals surface area contributed by atoms with Crippen LogP contribution >= 0.6 is 0 Å². The average Bonchev–Trinajstić information content (AvgIpc) is 2.80. The fourth-order valence-electron chi connectivity index (χ4n) is 1.38. The van der Waals surface area contributed by atoms with Crippen molar-refractivity contribution in [1.82, 2.24) is 9.97 Å². The fourth-order valence-corrected chi connectivity index (χ4v) is 1.38. The smallest absolute Gasteiger partial charge is 0.137 e. The second kappa shape index (κ2) is 4.64. The maximum absolute atomic E-state index is 5.55. The molecule has 1 aromatic carbocycles. The molecule has 78 valence electrons. The van der Waals surface area contributed by atoms with Gasteiger partial charge in [-0.3, -0.25) is 0 Å². The van der Waals surface area contributed by atoms with E-state index in [9.17, 15) is 0 Å². The quantitative estimate of drug-likeness (QED) is 0.827. The second-order valence-corrected chi connectivity index (χ2v) is 3.31. The SMILES string of the molecule is CCCOc1cccc(-c2ncc[nH]2)c1. The van der Waals surface area contributed by atoms with Crippen molar-refractivity contribution in [3.63, 3.8) is 0 Å². The van der Waals surface area contributed by atoms with Crippen molar-refractivity contribution in [3.8, 4) is 17.1 Å². The van der Waals surface area contributed by atoms with Gasteiger partial charge in [-0.2, -0.15) is 0 Å². The van der Waals surface area contributed by atoms with Gasteiger partial charge in [0.15, 0.2) is 0 Å². The van der Waals surface area contributed by atoms with Crippen LogP contribution in [0.15, 0.2) is 36.7 Å². The largest absolute Gasteiger partial charge is 0.494 e. The number of imidazole rings is 1. The van der Waals surface area contributed by atoms with Gasteiger partial charge in [0.1, 0.15) is 11.6 Å². The van der Waals surface area contributed by atoms with Gasteiger partial charge in [-0.25, -0.2) is 4.98 Å². The zero-order valence-corrected chi connectivity index (χ0v) is 8.73. The third-order valence-electron chi connectivity index (χ3n) is 2.08. The molecule has 0 unspecified atom stereocenters. The van der Waals surface area contributed by atoms with Crippen molar-refractivity contribution < 1.29 is 4.74 Å². The van der Waals surface area contributed by atoms with E-state index in [2.05, 4.69) is 16.9 Å². The maximum Gasteiger partial charge on any atom is 0.137 e. The van der Waals surface area contributed by atoms with E-state index in [1.54, 1.807) is 6.20 Å². The molecule has 0 aliphatic rings. The van der Waals surface area contributed by atoms with E-state index in [-0.39, 0.29) is 0 Å². The van der Waals surface area contributed by atoms with E-state index < -0.39 is 0 Å². The lowest BCUT2D eigenvalue weighted by Gasteiger charge is -2.05. The maximum atomic E-state index is 5.55. The number of hydrogen-bond acceptors (Lipinski definition) is 2. The van der Waals surface area contributed by atoms with Crippen LogP contribution in [0, 0.1) is 0 Å². The molecule has 0 spiro atoms. The van der Waals surface area contributed by atoms with Crippen LogP contribution in [-0.2, 0) is 0 Å². The Labute approximate surface area is 89.1 Å². The Hall–Kier alpha value is -1.77. The standard InChI is InChI=1S/C12H14N2O/c1-2-8-15-11-5-3-4-10(9-11)12-13-6-7-14-12/h3-7,9H,2,8H2,1H3,(H,13,14). The van der Waals surface area contributed by atoms with Crippen LogP contribution < -0.4 is 4.74 Å². The summed E-state index contributed by atoms with van der Waals surface area (Å²) in [5.41, 5.74) is 1.05. The van der Waals surface area contributed by atoms with E-state index in [0.717, 1.165) is 30.2 Å². The Bertz CT molecular complexity index is 409. The molecule has 0 radical (unpaired) electrons. The summed E-state index contributed by atoms with van der Waals surface area (Å²) in [5, 5.41) is 0. The Morgan fingerprint density at radius 1 is 1.40 bits per heavy atom. The second-order valence-electron chi connectivity index (χ2n) is 3.31. The van der Waals surface area contributed by atoms with E-state index in [0.29, 0.717) is 0 Å². The minimum absolute atomic E-state index is 0.752. The highest BCUT2D eigenvalue weighted by Crippen LogP contribution is 2.20. The molecule has 0 amide bonds. The molecule has 2 aromatic rings. The zero-order valence-electron chi connectivity index (χ0n) is 8.73. The number of aromatic nitrogens is 2. The van der Waals surface area contributed by atoms with Gasteiger partial charge in [-0.05, 0) is 18.6 Å². The third kappa shape index (κ3) is 2.37. The Balaban J connectivity index is 2.19. The van der Waals surface area contributed by atoms with Crippen LogP contribution in [0.25, 0.3) is 11.4 Å². The number of H-pyrrole nitrogens is 1. The Morgan fingerprint density at radius 2 is 2.33 bits per heavy atom. The number of benzene rings is 1. The van der Waals surface area contributed by atoms with Crippen LogP contribution in [0.2, 0.25) is 0 Å². The highest BCUT2D eigenvalue weighted by atomic mass is 16.5. The van der Waals surface area contributed by atoms with Crippen molar-refractivity contribution in [3.05, 3.63) is 36.7 Å². The molecule has 3 nitrogen and oxygen atoms in total. The first-order chi connectivity index (χ1) is 7.40.